The molecule has 160 valence electrons. The minimum absolute atomic E-state index is 0.0325. The smallest absolute Gasteiger partial charge is 0.249 e. The number of carbonyl (C=O) groups excluding carboxylic acids is 1. The third-order valence-corrected chi connectivity index (χ3v) is 6.66. The Labute approximate surface area is 184 Å². The Morgan fingerprint density at radius 2 is 1.77 bits per heavy atom. The summed E-state index contributed by atoms with van der Waals surface area (Å²) in [6, 6.07) is 11.9. The van der Waals surface area contributed by atoms with Gasteiger partial charge in [-0.25, -0.2) is 4.39 Å². The summed E-state index contributed by atoms with van der Waals surface area (Å²) in [4.78, 5) is 20.7. The van der Waals surface area contributed by atoms with Crippen LogP contribution in [0.3, 0.4) is 0 Å². The highest BCUT2D eigenvalue weighted by Gasteiger charge is 2.30. The maximum Gasteiger partial charge on any atom is 0.249 e. The summed E-state index contributed by atoms with van der Waals surface area (Å²) >= 11 is 1.57. The number of fused-ring (bicyclic) bond motifs is 1. The Morgan fingerprint density at radius 3 is 2.45 bits per heavy atom. The third-order valence-electron chi connectivity index (χ3n) is 5.43. The molecule has 0 fully saturated rings. The predicted octanol–water partition coefficient (Wildman–Crippen LogP) is 4.91. The lowest BCUT2D eigenvalue weighted by Gasteiger charge is -2.21. The summed E-state index contributed by atoms with van der Waals surface area (Å²) in [5, 5.41) is 0.857. The lowest BCUT2D eigenvalue weighted by molar-refractivity contribution is -0.117. The van der Waals surface area contributed by atoms with E-state index in [9.17, 15) is 9.18 Å². The van der Waals surface area contributed by atoms with E-state index in [1.165, 1.54) is 12.1 Å². The van der Waals surface area contributed by atoms with Crippen LogP contribution in [0.1, 0.15) is 27.1 Å². The molecular formula is C24H23FN2O3S. The van der Waals surface area contributed by atoms with Crippen LogP contribution in [-0.4, -0.2) is 32.4 Å². The zero-order valence-corrected chi connectivity index (χ0v) is 18.7. The second-order valence-corrected chi connectivity index (χ2v) is 8.51. The average Bonchev–Trinajstić information content (AvgIpc) is 2.99. The van der Waals surface area contributed by atoms with Gasteiger partial charge in [-0.1, -0.05) is 12.1 Å². The third kappa shape index (κ3) is 3.93. The van der Waals surface area contributed by atoms with Crippen LogP contribution in [0, 0.1) is 19.7 Å². The molecule has 0 saturated heterocycles. The highest BCUT2D eigenvalue weighted by molar-refractivity contribution is 7.17. The molecule has 0 saturated carbocycles. The molecule has 0 spiro atoms. The standard InChI is InChI=1S/C24H23FN2O3S/c1-14-15(2)31-24-22(14)23(17-7-10-19(29-3)20(11-17)30-4)26-12-21(28)27(24)13-16-5-8-18(25)9-6-16/h5-11H,12-13H2,1-4H3. The Morgan fingerprint density at radius 1 is 1.06 bits per heavy atom. The lowest BCUT2D eigenvalue weighted by atomic mass is 9.99. The first-order chi connectivity index (χ1) is 14.9. The van der Waals surface area contributed by atoms with Crippen molar-refractivity contribution >= 4 is 28.0 Å². The van der Waals surface area contributed by atoms with Gasteiger partial charge in [-0.05, 0) is 55.3 Å². The zero-order valence-electron chi connectivity index (χ0n) is 17.9. The monoisotopic (exact) mass is 438 g/mol. The molecular weight excluding hydrogens is 415 g/mol. The number of amides is 1. The first-order valence-corrected chi connectivity index (χ1v) is 10.7. The summed E-state index contributed by atoms with van der Waals surface area (Å²) in [5.74, 6) is 0.844. The van der Waals surface area contributed by atoms with Crippen LogP contribution in [0.5, 0.6) is 11.5 Å². The summed E-state index contributed by atoms with van der Waals surface area (Å²) < 4.78 is 24.2. The molecule has 1 aromatic heterocycles. The van der Waals surface area contributed by atoms with Crippen molar-refractivity contribution in [1.82, 2.24) is 0 Å². The second kappa shape index (κ2) is 8.51. The minimum atomic E-state index is -0.298. The van der Waals surface area contributed by atoms with Crippen molar-refractivity contribution < 1.29 is 18.7 Å². The number of ether oxygens (including phenoxy) is 2. The number of hydrogen-bond donors (Lipinski definition) is 0. The van der Waals surface area contributed by atoms with Crippen molar-refractivity contribution in [2.75, 3.05) is 25.7 Å². The number of aryl methyl sites for hydroxylation is 1. The van der Waals surface area contributed by atoms with Gasteiger partial charge in [0.05, 0.1) is 26.5 Å². The maximum atomic E-state index is 13.3. The van der Waals surface area contributed by atoms with Gasteiger partial charge in [-0.2, -0.15) is 0 Å². The summed E-state index contributed by atoms with van der Waals surface area (Å²) in [6.07, 6.45) is 0. The van der Waals surface area contributed by atoms with Crippen LogP contribution in [0.4, 0.5) is 9.39 Å². The van der Waals surface area contributed by atoms with E-state index in [0.717, 1.165) is 37.8 Å². The number of rotatable bonds is 5. The van der Waals surface area contributed by atoms with E-state index in [1.54, 1.807) is 42.6 Å². The van der Waals surface area contributed by atoms with E-state index < -0.39 is 0 Å². The second-order valence-electron chi connectivity index (χ2n) is 7.30. The van der Waals surface area contributed by atoms with Gasteiger partial charge in [0.25, 0.3) is 0 Å². The van der Waals surface area contributed by atoms with E-state index >= 15 is 0 Å². The molecule has 1 aliphatic heterocycles. The van der Waals surface area contributed by atoms with Gasteiger partial charge in [0, 0.05) is 16.0 Å². The Balaban J connectivity index is 1.81. The molecule has 3 aromatic rings. The average molecular weight is 439 g/mol. The van der Waals surface area contributed by atoms with Crippen LogP contribution in [0.15, 0.2) is 47.5 Å². The van der Waals surface area contributed by atoms with Gasteiger partial charge >= 0.3 is 0 Å². The van der Waals surface area contributed by atoms with Gasteiger partial charge in [0.15, 0.2) is 11.5 Å². The number of benzene rings is 2. The lowest BCUT2D eigenvalue weighted by Crippen LogP contribution is -2.31. The molecule has 0 atom stereocenters. The number of nitrogens with zero attached hydrogens (tertiary/aromatic N) is 2. The van der Waals surface area contributed by atoms with Crippen LogP contribution < -0.4 is 14.4 Å². The van der Waals surface area contributed by atoms with Crippen molar-refractivity contribution in [3.63, 3.8) is 0 Å². The number of thiophene rings is 1. The van der Waals surface area contributed by atoms with Gasteiger partial charge in [0.1, 0.15) is 17.4 Å². The fourth-order valence-electron chi connectivity index (χ4n) is 3.65. The fourth-order valence-corrected chi connectivity index (χ4v) is 4.83. The predicted molar refractivity (Wildman–Crippen MR) is 121 cm³/mol. The normalized spacial score (nSPS) is 13.5. The van der Waals surface area contributed by atoms with Crippen molar-refractivity contribution in [2.24, 2.45) is 4.99 Å². The van der Waals surface area contributed by atoms with Gasteiger partial charge in [-0.3, -0.25) is 14.7 Å². The molecule has 31 heavy (non-hydrogen) atoms. The van der Waals surface area contributed by atoms with E-state index in [0.29, 0.717) is 18.0 Å². The molecule has 1 aliphatic rings. The van der Waals surface area contributed by atoms with Gasteiger partial charge in [-0.15, -0.1) is 11.3 Å². The molecule has 2 aromatic carbocycles. The summed E-state index contributed by atoms with van der Waals surface area (Å²) in [7, 11) is 3.19. The maximum absolute atomic E-state index is 13.3. The van der Waals surface area contributed by atoms with Crippen molar-refractivity contribution in [2.45, 2.75) is 20.4 Å². The van der Waals surface area contributed by atoms with E-state index in [2.05, 4.69) is 0 Å². The molecule has 2 heterocycles. The Bertz CT molecular complexity index is 1170. The number of hydrogen-bond acceptors (Lipinski definition) is 5. The van der Waals surface area contributed by atoms with Gasteiger partial charge in [0.2, 0.25) is 5.91 Å². The number of carbonyl (C=O) groups is 1. The molecule has 0 N–H and O–H groups in total. The largest absolute Gasteiger partial charge is 0.493 e. The Kier molecular flexibility index (Phi) is 5.78. The first-order valence-electron chi connectivity index (χ1n) is 9.85. The van der Waals surface area contributed by atoms with Crippen LogP contribution in [0.25, 0.3) is 0 Å². The van der Waals surface area contributed by atoms with Crippen LogP contribution in [-0.2, 0) is 11.3 Å². The minimum Gasteiger partial charge on any atom is -0.493 e. The number of methoxy groups -OCH3 is 2. The Hall–Kier alpha value is -3.19. The number of aliphatic imine (C=N–C) groups is 1. The number of halogens is 1. The topological polar surface area (TPSA) is 51.1 Å². The zero-order chi connectivity index (χ0) is 22.1. The van der Waals surface area contributed by atoms with Crippen molar-refractivity contribution in [3.8, 4) is 11.5 Å². The first kappa shape index (κ1) is 21.1. The molecule has 0 radical (unpaired) electrons. The summed E-state index contributed by atoms with van der Waals surface area (Å²) in [6.45, 7) is 4.49. The van der Waals surface area contributed by atoms with Crippen LogP contribution >= 0.6 is 11.3 Å². The SMILES string of the molecule is COc1ccc(C2=NCC(=O)N(Cc3ccc(F)cc3)c3sc(C)c(C)c32)cc1OC. The molecule has 0 bridgehead atoms. The van der Waals surface area contributed by atoms with E-state index in [1.807, 2.05) is 32.0 Å². The highest BCUT2D eigenvalue weighted by atomic mass is 32.1. The molecule has 5 nitrogen and oxygen atoms in total. The van der Waals surface area contributed by atoms with Crippen molar-refractivity contribution in [1.29, 1.82) is 0 Å². The highest BCUT2D eigenvalue weighted by Crippen LogP contribution is 2.40. The van der Waals surface area contributed by atoms with E-state index in [-0.39, 0.29) is 18.3 Å². The molecule has 1 amide bonds. The number of anilines is 1. The van der Waals surface area contributed by atoms with E-state index in [4.69, 9.17) is 14.5 Å². The van der Waals surface area contributed by atoms with Gasteiger partial charge < -0.3 is 9.47 Å². The molecule has 0 aliphatic carbocycles. The fraction of sp³-hybridized carbons (Fsp3) is 0.250. The van der Waals surface area contributed by atoms with Crippen molar-refractivity contribution in [3.05, 3.63) is 75.4 Å². The molecule has 7 heteroatoms. The quantitative estimate of drug-likeness (QED) is 0.569. The molecule has 4 rings (SSSR count). The summed E-state index contributed by atoms with van der Waals surface area (Å²) in [5.41, 5.74) is 4.51. The van der Waals surface area contributed by atoms with Crippen LogP contribution in [0.2, 0.25) is 0 Å². The molecule has 0 unspecified atom stereocenters.